The number of benzene rings is 1. The third kappa shape index (κ3) is 1.50. The molecular formula is C14H19N. The molecule has 1 aliphatic carbocycles. The minimum atomic E-state index is 0.450. The Bertz CT molecular complexity index is 340. The second kappa shape index (κ2) is 3.34. The lowest BCUT2D eigenvalue weighted by Crippen LogP contribution is -2.27. The van der Waals surface area contributed by atoms with Gasteiger partial charge in [0.2, 0.25) is 0 Å². The zero-order valence-corrected chi connectivity index (χ0v) is 9.45. The van der Waals surface area contributed by atoms with Crippen molar-refractivity contribution in [3.8, 4) is 0 Å². The Balaban J connectivity index is 1.78. The molecule has 0 spiro atoms. The van der Waals surface area contributed by atoms with Crippen LogP contribution in [0.1, 0.15) is 31.7 Å². The van der Waals surface area contributed by atoms with Gasteiger partial charge >= 0.3 is 0 Å². The highest BCUT2D eigenvalue weighted by Crippen LogP contribution is 2.51. The van der Waals surface area contributed by atoms with E-state index in [4.69, 9.17) is 0 Å². The highest BCUT2D eigenvalue weighted by molar-refractivity contribution is 5.35. The van der Waals surface area contributed by atoms with Crippen molar-refractivity contribution in [3.63, 3.8) is 0 Å². The first-order valence-electron chi connectivity index (χ1n) is 6.10. The normalized spacial score (nSPS) is 35.7. The zero-order valence-electron chi connectivity index (χ0n) is 9.45. The first kappa shape index (κ1) is 9.41. The maximum Gasteiger partial charge on any atom is 0.0199 e. The Hall–Kier alpha value is -0.820. The van der Waals surface area contributed by atoms with Crippen LogP contribution in [0, 0.1) is 0 Å². The van der Waals surface area contributed by atoms with Crippen LogP contribution in [0.2, 0.25) is 0 Å². The average molecular weight is 201 g/mol. The van der Waals surface area contributed by atoms with Gasteiger partial charge in [-0.3, -0.25) is 4.90 Å². The van der Waals surface area contributed by atoms with Gasteiger partial charge in [-0.05, 0) is 37.9 Å². The summed E-state index contributed by atoms with van der Waals surface area (Å²) in [6, 6.07) is 11.8. The summed E-state index contributed by atoms with van der Waals surface area (Å²) in [6.45, 7) is 5.07. The summed E-state index contributed by atoms with van der Waals surface area (Å²) in [6.07, 6.45) is 4.17. The van der Waals surface area contributed by atoms with Crippen LogP contribution >= 0.6 is 0 Å². The molecule has 1 saturated heterocycles. The summed E-state index contributed by atoms with van der Waals surface area (Å²) in [4.78, 5) is 2.69. The van der Waals surface area contributed by atoms with Gasteiger partial charge in [-0.25, -0.2) is 0 Å². The van der Waals surface area contributed by atoms with E-state index in [9.17, 15) is 0 Å². The standard InChI is InChI=1S/C14H19N/c1-14(12-7-3-2-4-8-12)11-13(14)15-9-5-6-10-15/h2-4,7-8,13H,5-6,9-11H2,1H3/t13-,14+/m1/s1. The van der Waals surface area contributed by atoms with Crippen molar-refractivity contribution < 1.29 is 0 Å². The zero-order chi connectivity index (χ0) is 10.3. The molecule has 1 heteroatoms. The summed E-state index contributed by atoms with van der Waals surface area (Å²) in [5, 5.41) is 0. The number of likely N-dealkylation sites (tertiary alicyclic amines) is 1. The quantitative estimate of drug-likeness (QED) is 0.711. The van der Waals surface area contributed by atoms with Crippen molar-refractivity contribution in [1.82, 2.24) is 4.90 Å². The molecule has 1 saturated carbocycles. The molecule has 0 bridgehead atoms. The van der Waals surface area contributed by atoms with Crippen molar-refractivity contribution >= 4 is 0 Å². The Labute approximate surface area is 92.1 Å². The van der Waals surface area contributed by atoms with E-state index >= 15 is 0 Å². The van der Waals surface area contributed by atoms with E-state index in [0.29, 0.717) is 5.41 Å². The molecule has 1 aromatic rings. The van der Waals surface area contributed by atoms with Crippen LogP contribution in [0.3, 0.4) is 0 Å². The van der Waals surface area contributed by atoms with Gasteiger partial charge in [0.1, 0.15) is 0 Å². The van der Waals surface area contributed by atoms with Gasteiger partial charge in [0.05, 0.1) is 0 Å². The SMILES string of the molecule is C[C@@]1(c2ccccc2)C[C@H]1N1CCCC1. The van der Waals surface area contributed by atoms with Crippen molar-refractivity contribution in [2.75, 3.05) is 13.1 Å². The predicted octanol–water partition coefficient (Wildman–Crippen LogP) is 2.81. The predicted molar refractivity (Wildman–Crippen MR) is 63.0 cm³/mol. The van der Waals surface area contributed by atoms with E-state index in [0.717, 1.165) is 6.04 Å². The van der Waals surface area contributed by atoms with Gasteiger partial charge in [-0.1, -0.05) is 37.3 Å². The molecule has 2 aliphatic rings. The minimum absolute atomic E-state index is 0.450. The number of hydrogen-bond acceptors (Lipinski definition) is 1. The molecule has 0 aromatic heterocycles. The second-order valence-corrected chi connectivity index (χ2v) is 5.25. The van der Waals surface area contributed by atoms with E-state index < -0.39 is 0 Å². The molecule has 3 rings (SSSR count). The topological polar surface area (TPSA) is 3.24 Å². The molecule has 2 fully saturated rings. The van der Waals surface area contributed by atoms with Gasteiger partial charge in [0.25, 0.3) is 0 Å². The molecule has 1 aromatic carbocycles. The van der Waals surface area contributed by atoms with Gasteiger partial charge < -0.3 is 0 Å². The highest BCUT2D eigenvalue weighted by atomic mass is 15.2. The van der Waals surface area contributed by atoms with Crippen molar-refractivity contribution in [2.24, 2.45) is 0 Å². The van der Waals surface area contributed by atoms with E-state index in [1.807, 2.05) is 0 Å². The largest absolute Gasteiger partial charge is 0.299 e. The average Bonchev–Trinajstić information content (AvgIpc) is 2.77. The van der Waals surface area contributed by atoms with E-state index in [-0.39, 0.29) is 0 Å². The molecule has 0 N–H and O–H groups in total. The highest BCUT2D eigenvalue weighted by Gasteiger charge is 2.54. The van der Waals surface area contributed by atoms with Crippen LogP contribution in [0.15, 0.2) is 30.3 Å². The minimum Gasteiger partial charge on any atom is -0.299 e. The molecule has 1 nitrogen and oxygen atoms in total. The van der Waals surface area contributed by atoms with E-state index in [1.165, 1.54) is 37.9 Å². The Kier molecular flexibility index (Phi) is 2.10. The maximum absolute atomic E-state index is 2.69. The fourth-order valence-electron chi connectivity index (χ4n) is 3.06. The van der Waals surface area contributed by atoms with E-state index in [1.54, 1.807) is 0 Å². The fraction of sp³-hybridized carbons (Fsp3) is 0.571. The lowest BCUT2D eigenvalue weighted by molar-refractivity contribution is 0.306. The van der Waals surface area contributed by atoms with Crippen LogP contribution < -0.4 is 0 Å². The van der Waals surface area contributed by atoms with Crippen LogP contribution in [0.4, 0.5) is 0 Å². The maximum atomic E-state index is 2.69. The van der Waals surface area contributed by atoms with Crippen molar-refractivity contribution in [3.05, 3.63) is 35.9 Å². The first-order chi connectivity index (χ1) is 7.31. The molecule has 1 aliphatic heterocycles. The van der Waals surface area contributed by atoms with Gasteiger partial charge in [0, 0.05) is 11.5 Å². The lowest BCUT2D eigenvalue weighted by atomic mass is 9.97. The molecule has 2 atom stereocenters. The molecule has 0 radical (unpaired) electrons. The van der Waals surface area contributed by atoms with Crippen LogP contribution in [-0.4, -0.2) is 24.0 Å². The van der Waals surface area contributed by atoms with Crippen LogP contribution in [-0.2, 0) is 5.41 Å². The van der Waals surface area contributed by atoms with Gasteiger partial charge in [-0.15, -0.1) is 0 Å². The summed E-state index contributed by atoms with van der Waals surface area (Å²) < 4.78 is 0. The smallest absolute Gasteiger partial charge is 0.0199 e. The summed E-state index contributed by atoms with van der Waals surface area (Å²) in [5.74, 6) is 0. The second-order valence-electron chi connectivity index (χ2n) is 5.25. The summed E-state index contributed by atoms with van der Waals surface area (Å²) in [7, 11) is 0. The lowest BCUT2D eigenvalue weighted by Gasteiger charge is -2.19. The van der Waals surface area contributed by atoms with Crippen LogP contribution in [0.5, 0.6) is 0 Å². The Morgan fingerprint density at radius 1 is 1.13 bits per heavy atom. The fourth-order valence-corrected chi connectivity index (χ4v) is 3.06. The number of nitrogens with zero attached hydrogens (tertiary/aromatic N) is 1. The summed E-state index contributed by atoms with van der Waals surface area (Å²) >= 11 is 0. The molecule has 15 heavy (non-hydrogen) atoms. The van der Waals surface area contributed by atoms with Crippen molar-refractivity contribution in [1.29, 1.82) is 0 Å². The Morgan fingerprint density at radius 3 is 2.47 bits per heavy atom. The van der Waals surface area contributed by atoms with Crippen molar-refractivity contribution in [2.45, 2.75) is 37.6 Å². The number of hydrogen-bond donors (Lipinski definition) is 0. The molecule has 0 unspecified atom stereocenters. The van der Waals surface area contributed by atoms with Gasteiger partial charge in [-0.2, -0.15) is 0 Å². The van der Waals surface area contributed by atoms with E-state index in [2.05, 4.69) is 42.2 Å². The third-order valence-electron chi connectivity index (χ3n) is 4.21. The summed E-state index contributed by atoms with van der Waals surface area (Å²) in [5.41, 5.74) is 1.98. The molecule has 1 heterocycles. The first-order valence-corrected chi connectivity index (χ1v) is 6.10. The molecular weight excluding hydrogens is 182 g/mol. The monoisotopic (exact) mass is 201 g/mol. The van der Waals surface area contributed by atoms with Crippen LogP contribution in [0.25, 0.3) is 0 Å². The molecule has 80 valence electrons. The van der Waals surface area contributed by atoms with Gasteiger partial charge in [0.15, 0.2) is 0 Å². The third-order valence-corrected chi connectivity index (χ3v) is 4.21. The molecule has 0 amide bonds. The Morgan fingerprint density at radius 2 is 1.80 bits per heavy atom. The number of rotatable bonds is 2.